The zero-order valence-corrected chi connectivity index (χ0v) is 12.6. The van der Waals surface area contributed by atoms with Gasteiger partial charge in [0.05, 0.1) is 0 Å². The Morgan fingerprint density at radius 3 is 2.05 bits per heavy atom. The molecule has 0 saturated heterocycles. The summed E-state index contributed by atoms with van der Waals surface area (Å²) in [5, 5.41) is 0. The summed E-state index contributed by atoms with van der Waals surface area (Å²) in [4.78, 5) is 0. The lowest BCUT2D eigenvalue weighted by Crippen LogP contribution is -2.63. The van der Waals surface area contributed by atoms with E-state index in [9.17, 15) is 0 Å². The fourth-order valence-electron chi connectivity index (χ4n) is 7.69. The monoisotopic (exact) mass is 276 g/mol. The van der Waals surface area contributed by atoms with Gasteiger partial charge in [0, 0.05) is 0 Å². The lowest BCUT2D eigenvalue weighted by molar-refractivity contribution is -0.176. The third-order valence-corrected chi connectivity index (χ3v) is 8.04. The van der Waals surface area contributed by atoms with Gasteiger partial charge in [0.2, 0.25) is 0 Å². The molecule has 0 amide bonds. The minimum Gasteiger partial charge on any atom is -0.0628 e. The van der Waals surface area contributed by atoms with Crippen molar-refractivity contribution in [2.24, 2.45) is 47.3 Å². The molecule has 1 aromatic rings. The van der Waals surface area contributed by atoms with Crippen molar-refractivity contribution < 1.29 is 0 Å². The first-order valence-electron chi connectivity index (χ1n) is 9.15. The van der Waals surface area contributed by atoms with Crippen LogP contribution in [-0.4, -0.2) is 0 Å². The Balaban J connectivity index is 1.47. The van der Waals surface area contributed by atoms with Gasteiger partial charge in [0.15, 0.2) is 0 Å². The highest BCUT2D eigenvalue weighted by atomic mass is 14.7. The average Bonchev–Trinajstić information content (AvgIpc) is 2.53. The van der Waals surface area contributed by atoms with Crippen LogP contribution in [0.2, 0.25) is 0 Å². The van der Waals surface area contributed by atoms with Crippen molar-refractivity contribution in [3.8, 4) is 0 Å². The van der Waals surface area contributed by atoms with E-state index in [2.05, 4.69) is 36.4 Å². The molecule has 0 aliphatic heterocycles. The van der Waals surface area contributed by atoms with Crippen molar-refractivity contribution in [2.45, 2.75) is 32.1 Å². The molecule has 0 aromatic heterocycles. The van der Waals surface area contributed by atoms with E-state index in [1.54, 1.807) is 32.1 Å². The van der Waals surface area contributed by atoms with Gasteiger partial charge in [-0.15, -0.1) is 0 Å². The van der Waals surface area contributed by atoms with Gasteiger partial charge >= 0.3 is 0 Å². The molecule has 108 valence electrons. The maximum absolute atomic E-state index is 2.60. The highest BCUT2D eigenvalue weighted by Crippen LogP contribution is 2.72. The molecule has 7 fully saturated rings. The van der Waals surface area contributed by atoms with Gasteiger partial charge < -0.3 is 0 Å². The van der Waals surface area contributed by atoms with Crippen LogP contribution in [0.4, 0.5) is 0 Å². The van der Waals surface area contributed by atoms with Crippen molar-refractivity contribution in [3.63, 3.8) is 0 Å². The molecule has 0 heterocycles. The Labute approximate surface area is 127 Å². The predicted octanol–water partition coefficient (Wildman–Crippen LogP) is 5.02. The van der Waals surface area contributed by atoms with Crippen LogP contribution in [0.3, 0.4) is 0 Å². The molecule has 7 aliphatic carbocycles. The first-order valence-corrected chi connectivity index (χ1v) is 9.15. The van der Waals surface area contributed by atoms with Crippen molar-refractivity contribution >= 4 is 6.08 Å². The molecule has 1 aromatic carbocycles. The van der Waals surface area contributed by atoms with Gasteiger partial charge in [-0.25, -0.2) is 0 Å². The lowest BCUT2D eigenvalue weighted by atomic mass is 9.35. The Hall–Kier alpha value is -1.04. The molecule has 21 heavy (non-hydrogen) atoms. The third kappa shape index (κ3) is 1.38. The zero-order chi connectivity index (χ0) is 13.6. The number of benzene rings is 1. The number of hydrogen-bond acceptors (Lipinski definition) is 0. The van der Waals surface area contributed by atoms with Crippen LogP contribution in [0, 0.1) is 47.3 Å². The van der Waals surface area contributed by atoms with Crippen LogP contribution in [0.5, 0.6) is 0 Å². The molecule has 0 nitrogen and oxygen atoms in total. The van der Waals surface area contributed by atoms with E-state index in [1.165, 1.54) is 5.56 Å². The van der Waals surface area contributed by atoms with Crippen molar-refractivity contribution in [2.75, 3.05) is 0 Å². The predicted molar refractivity (Wildman–Crippen MR) is 85.4 cm³/mol. The molecule has 0 spiro atoms. The SMILES string of the molecule is C(=C1\C2CC3C4CC5CC3C1C(C5)C4C2)/c1ccccc1. The molecule has 8 bridgehead atoms. The maximum Gasteiger partial charge on any atom is -0.0135 e. The molecule has 4 unspecified atom stereocenters. The highest BCUT2D eigenvalue weighted by Gasteiger charge is 2.64. The van der Waals surface area contributed by atoms with Crippen LogP contribution >= 0.6 is 0 Å². The minimum atomic E-state index is 0.948. The van der Waals surface area contributed by atoms with E-state index in [0.29, 0.717) is 0 Å². The second kappa shape index (κ2) is 3.83. The fourth-order valence-corrected chi connectivity index (χ4v) is 7.69. The summed E-state index contributed by atoms with van der Waals surface area (Å²) in [6.45, 7) is 0. The Kier molecular flexibility index (Phi) is 2.10. The molecule has 7 aliphatic rings. The fraction of sp³-hybridized carbons (Fsp3) is 0.619. The van der Waals surface area contributed by atoms with Gasteiger partial charge in [-0.2, -0.15) is 0 Å². The molecule has 0 radical (unpaired) electrons. The van der Waals surface area contributed by atoms with Crippen LogP contribution in [-0.2, 0) is 0 Å². The zero-order valence-electron chi connectivity index (χ0n) is 12.6. The molecular formula is C21H24. The van der Waals surface area contributed by atoms with Gasteiger partial charge in [0.25, 0.3) is 0 Å². The topological polar surface area (TPSA) is 0 Å². The maximum atomic E-state index is 2.60. The highest BCUT2D eigenvalue weighted by molar-refractivity contribution is 5.55. The number of rotatable bonds is 1. The third-order valence-electron chi connectivity index (χ3n) is 8.04. The van der Waals surface area contributed by atoms with Crippen LogP contribution in [0.15, 0.2) is 35.9 Å². The van der Waals surface area contributed by atoms with Crippen LogP contribution < -0.4 is 0 Å². The van der Waals surface area contributed by atoms with E-state index in [1.807, 2.05) is 5.57 Å². The summed E-state index contributed by atoms with van der Waals surface area (Å²) in [7, 11) is 0. The average molecular weight is 276 g/mol. The van der Waals surface area contributed by atoms with Crippen LogP contribution in [0.25, 0.3) is 6.08 Å². The van der Waals surface area contributed by atoms with Gasteiger partial charge in [-0.05, 0) is 85.0 Å². The summed E-state index contributed by atoms with van der Waals surface area (Å²) in [5.74, 6) is 8.60. The van der Waals surface area contributed by atoms with Crippen molar-refractivity contribution in [1.29, 1.82) is 0 Å². The van der Waals surface area contributed by atoms with Gasteiger partial charge in [-0.1, -0.05) is 42.0 Å². The smallest absolute Gasteiger partial charge is 0.0135 e. The first kappa shape index (κ1) is 11.5. The largest absolute Gasteiger partial charge is 0.0628 e. The number of hydrogen-bond donors (Lipinski definition) is 0. The van der Waals surface area contributed by atoms with Crippen LogP contribution in [0.1, 0.15) is 37.7 Å². The summed E-state index contributed by atoms with van der Waals surface area (Å²) >= 11 is 0. The molecule has 0 N–H and O–H groups in total. The van der Waals surface area contributed by atoms with E-state index in [0.717, 1.165) is 47.3 Å². The molecule has 7 saturated carbocycles. The lowest BCUT2D eigenvalue weighted by Gasteiger charge is -2.70. The summed E-state index contributed by atoms with van der Waals surface area (Å²) in [6.07, 6.45) is 10.5. The normalized spacial score (nSPS) is 53.8. The second-order valence-electron chi connectivity index (χ2n) is 8.64. The van der Waals surface area contributed by atoms with E-state index >= 15 is 0 Å². The second-order valence-corrected chi connectivity index (χ2v) is 8.64. The number of allylic oxidation sites excluding steroid dienone is 1. The van der Waals surface area contributed by atoms with Crippen molar-refractivity contribution in [1.82, 2.24) is 0 Å². The van der Waals surface area contributed by atoms with Crippen molar-refractivity contribution in [3.05, 3.63) is 41.5 Å². The molecule has 0 heteroatoms. The summed E-state index contributed by atoms with van der Waals surface area (Å²) in [5.41, 5.74) is 3.32. The minimum absolute atomic E-state index is 0.948. The molecule has 4 atom stereocenters. The Bertz CT molecular complexity index is 588. The molecule has 8 rings (SSSR count). The first-order chi connectivity index (χ1) is 10.4. The molecular weight excluding hydrogens is 252 g/mol. The van der Waals surface area contributed by atoms with Gasteiger partial charge in [0.1, 0.15) is 0 Å². The standard InChI is InChI=1S/C21H24/c1-2-4-12(5-3-1)6-15-14-10-17-16-7-13-8-19(17)21(15)20(9-13)18(16)11-14/h1-6,13-14,16-21H,7-11H2/b15-6-. The van der Waals surface area contributed by atoms with E-state index in [-0.39, 0.29) is 0 Å². The van der Waals surface area contributed by atoms with Gasteiger partial charge in [-0.3, -0.25) is 0 Å². The summed E-state index contributed by atoms with van der Waals surface area (Å²) in [6, 6.07) is 11.1. The Morgan fingerprint density at radius 1 is 0.714 bits per heavy atom. The quantitative estimate of drug-likeness (QED) is 0.675. The van der Waals surface area contributed by atoms with E-state index < -0.39 is 0 Å². The van der Waals surface area contributed by atoms with E-state index in [4.69, 9.17) is 0 Å². The summed E-state index contributed by atoms with van der Waals surface area (Å²) < 4.78 is 0. The Morgan fingerprint density at radius 2 is 1.33 bits per heavy atom.